The van der Waals surface area contributed by atoms with Gasteiger partial charge in [-0.3, -0.25) is 4.79 Å². The van der Waals surface area contributed by atoms with Crippen molar-refractivity contribution in [2.24, 2.45) is 4.99 Å². The number of benzene rings is 2. The lowest BCUT2D eigenvalue weighted by Crippen LogP contribution is -2.22. The van der Waals surface area contributed by atoms with Gasteiger partial charge in [0, 0.05) is 17.6 Å². The number of para-hydroxylation sites is 1. The van der Waals surface area contributed by atoms with Crippen LogP contribution in [0.1, 0.15) is 10.4 Å². The first kappa shape index (κ1) is 20.9. The molecule has 8 heteroatoms. The summed E-state index contributed by atoms with van der Waals surface area (Å²) in [5, 5.41) is 3.46. The summed E-state index contributed by atoms with van der Waals surface area (Å²) in [6.45, 7) is 0. The molecule has 0 radical (unpaired) electrons. The molecular formula is C24H21N3O5. The van der Waals surface area contributed by atoms with Gasteiger partial charge in [0.05, 0.1) is 21.3 Å². The number of ether oxygens (including phenoxy) is 3. The van der Waals surface area contributed by atoms with E-state index in [4.69, 9.17) is 18.6 Å². The molecule has 0 aliphatic heterocycles. The fourth-order valence-electron chi connectivity index (χ4n) is 3.14. The highest BCUT2D eigenvalue weighted by Crippen LogP contribution is 2.31. The van der Waals surface area contributed by atoms with E-state index in [0.717, 1.165) is 0 Å². The minimum atomic E-state index is -0.414. The van der Waals surface area contributed by atoms with Crippen molar-refractivity contribution in [3.05, 3.63) is 78.0 Å². The van der Waals surface area contributed by atoms with E-state index in [1.54, 1.807) is 68.9 Å². The van der Waals surface area contributed by atoms with Gasteiger partial charge in [-0.05, 0) is 36.4 Å². The maximum absolute atomic E-state index is 13.1. The van der Waals surface area contributed by atoms with Gasteiger partial charge < -0.3 is 23.9 Å². The molecule has 1 N–H and O–H groups in total. The first-order valence-corrected chi connectivity index (χ1v) is 9.73. The molecule has 162 valence electrons. The van der Waals surface area contributed by atoms with Gasteiger partial charge in [-0.2, -0.15) is 0 Å². The Hall–Kier alpha value is -4.33. The summed E-state index contributed by atoms with van der Waals surface area (Å²) in [4.78, 5) is 21.9. The van der Waals surface area contributed by atoms with Crippen molar-refractivity contribution >= 4 is 28.4 Å². The number of nitrogens with one attached hydrogen (secondary N) is 1. The molecule has 4 aromatic rings. The molecule has 4 rings (SSSR count). The standard InChI is InChI=1S/C24H21N3O5/c1-29-16-10-11-18(20(14-16)31-3)26-24-17(23(28)27-21-9-4-5-12-25-21)13-15-7-6-8-19(30-2)22(15)32-24/h4-14H,1-3H3,(H,25,27,28). The molecule has 0 bridgehead atoms. The Labute approximate surface area is 184 Å². The number of anilines is 1. The molecule has 0 atom stereocenters. The quantitative estimate of drug-likeness (QED) is 0.488. The second-order valence-electron chi connectivity index (χ2n) is 6.66. The first-order valence-electron chi connectivity index (χ1n) is 9.73. The summed E-state index contributed by atoms with van der Waals surface area (Å²) in [6.07, 6.45) is 1.60. The van der Waals surface area contributed by atoms with Crippen LogP contribution in [0.3, 0.4) is 0 Å². The van der Waals surface area contributed by atoms with Crippen LogP contribution >= 0.6 is 0 Å². The van der Waals surface area contributed by atoms with Crippen molar-refractivity contribution in [1.29, 1.82) is 0 Å². The smallest absolute Gasteiger partial charge is 0.262 e. The van der Waals surface area contributed by atoms with E-state index >= 15 is 0 Å². The van der Waals surface area contributed by atoms with Gasteiger partial charge in [0.2, 0.25) is 5.55 Å². The Bertz CT molecular complexity index is 1330. The predicted octanol–water partition coefficient (Wildman–Crippen LogP) is 4.34. The summed E-state index contributed by atoms with van der Waals surface area (Å²) in [5.41, 5.74) is 1.27. The van der Waals surface area contributed by atoms with E-state index < -0.39 is 5.91 Å². The molecule has 0 saturated heterocycles. The number of fused-ring (bicyclic) bond motifs is 1. The molecule has 2 heterocycles. The molecule has 0 saturated carbocycles. The van der Waals surface area contributed by atoms with E-state index in [1.807, 2.05) is 12.1 Å². The number of methoxy groups -OCH3 is 3. The van der Waals surface area contributed by atoms with Crippen molar-refractivity contribution < 1.29 is 23.4 Å². The summed E-state index contributed by atoms with van der Waals surface area (Å²) >= 11 is 0. The number of rotatable bonds is 6. The normalized spacial score (nSPS) is 11.3. The number of aromatic nitrogens is 1. The molecule has 1 amide bonds. The highest BCUT2D eigenvalue weighted by atomic mass is 16.5. The van der Waals surface area contributed by atoms with Gasteiger partial charge in [0.1, 0.15) is 28.6 Å². The number of nitrogens with zero attached hydrogens (tertiary/aromatic N) is 2. The van der Waals surface area contributed by atoms with Crippen molar-refractivity contribution in [2.75, 3.05) is 26.6 Å². The Morgan fingerprint density at radius 2 is 1.78 bits per heavy atom. The van der Waals surface area contributed by atoms with E-state index in [9.17, 15) is 4.79 Å². The molecule has 8 nitrogen and oxygen atoms in total. The Balaban J connectivity index is 1.92. The molecule has 32 heavy (non-hydrogen) atoms. The number of pyridine rings is 1. The van der Waals surface area contributed by atoms with E-state index in [2.05, 4.69) is 15.3 Å². The summed E-state index contributed by atoms with van der Waals surface area (Å²) in [6, 6.07) is 17.5. The Kier molecular flexibility index (Phi) is 6.03. The molecule has 0 fully saturated rings. The lowest BCUT2D eigenvalue weighted by atomic mass is 10.1. The van der Waals surface area contributed by atoms with Crippen molar-refractivity contribution in [3.8, 4) is 17.2 Å². The monoisotopic (exact) mass is 431 g/mol. The van der Waals surface area contributed by atoms with E-state index in [-0.39, 0.29) is 11.1 Å². The lowest BCUT2D eigenvalue weighted by molar-refractivity contribution is 0.102. The number of carbonyl (C=O) groups is 1. The third-order valence-electron chi connectivity index (χ3n) is 4.72. The zero-order chi connectivity index (χ0) is 22.5. The van der Waals surface area contributed by atoms with Crippen molar-refractivity contribution in [3.63, 3.8) is 0 Å². The third-order valence-corrected chi connectivity index (χ3v) is 4.72. The van der Waals surface area contributed by atoms with Crippen LogP contribution in [-0.2, 0) is 0 Å². The SMILES string of the molecule is COc1ccc(N=c2oc3c(OC)cccc3cc2C(=O)Nc2ccccn2)c(OC)c1. The van der Waals surface area contributed by atoms with Gasteiger partial charge in [0.25, 0.3) is 5.91 Å². The largest absolute Gasteiger partial charge is 0.497 e. The van der Waals surface area contributed by atoms with Crippen LogP contribution in [0.25, 0.3) is 11.0 Å². The fourth-order valence-corrected chi connectivity index (χ4v) is 3.14. The molecule has 2 aromatic heterocycles. The van der Waals surface area contributed by atoms with Crippen LogP contribution in [-0.4, -0.2) is 32.2 Å². The van der Waals surface area contributed by atoms with Gasteiger partial charge in [-0.1, -0.05) is 18.2 Å². The lowest BCUT2D eigenvalue weighted by Gasteiger charge is -2.10. The maximum Gasteiger partial charge on any atom is 0.262 e. The molecule has 0 aliphatic carbocycles. The zero-order valence-electron chi connectivity index (χ0n) is 17.8. The maximum atomic E-state index is 13.1. The Morgan fingerprint density at radius 3 is 2.50 bits per heavy atom. The summed E-state index contributed by atoms with van der Waals surface area (Å²) in [5.74, 6) is 1.61. The van der Waals surface area contributed by atoms with Crippen LogP contribution < -0.4 is 25.1 Å². The topological polar surface area (TPSA) is 95.2 Å². The molecule has 0 aliphatic rings. The average Bonchev–Trinajstić information content (AvgIpc) is 2.84. The predicted molar refractivity (Wildman–Crippen MR) is 120 cm³/mol. The van der Waals surface area contributed by atoms with E-state index in [1.165, 1.54) is 7.11 Å². The van der Waals surface area contributed by atoms with Crippen LogP contribution in [0.5, 0.6) is 17.2 Å². The summed E-state index contributed by atoms with van der Waals surface area (Å²) < 4.78 is 22.2. The number of hydrogen-bond acceptors (Lipinski definition) is 7. The van der Waals surface area contributed by atoms with Crippen LogP contribution in [0.2, 0.25) is 0 Å². The van der Waals surface area contributed by atoms with Crippen LogP contribution in [0.4, 0.5) is 11.5 Å². The Morgan fingerprint density at radius 1 is 0.938 bits per heavy atom. The second-order valence-corrected chi connectivity index (χ2v) is 6.66. The highest BCUT2D eigenvalue weighted by Gasteiger charge is 2.16. The summed E-state index contributed by atoms with van der Waals surface area (Å²) in [7, 11) is 4.65. The van der Waals surface area contributed by atoms with Crippen molar-refractivity contribution in [2.45, 2.75) is 0 Å². The fraction of sp³-hybridized carbons (Fsp3) is 0.125. The number of amides is 1. The number of carbonyl (C=O) groups excluding carboxylic acids is 1. The molecule has 0 spiro atoms. The van der Waals surface area contributed by atoms with E-state index in [0.29, 0.717) is 39.7 Å². The molecular weight excluding hydrogens is 410 g/mol. The first-order chi connectivity index (χ1) is 15.6. The minimum absolute atomic E-state index is 0.0962. The van der Waals surface area contributed by atoms with Crippen molar-refractivity contribution in [1.82, 2.24) is 4.98 Å². The van der Waals surface area contributed by atoms with Gasteiger partial charge >= 0.3 is 0 Å². The molecule has 2 aromatic carbocycles. The third kappa shape index (κ3) is 4.24. The minimum Gasteiger partial charge on any atom is -0.497 e. The second kappa shape index (κ2) is 9.22. The van der Waals surface area contributed by atoms with Crippen LogP contribution in [0, 0.1) is 0 Å². The average molecular weight is 431 g/mol. The highest BCUT2D eigenvalue weighted by molar-refractivity contribution is 6.05. The van der Waals surface area contributed by atoms with Gasteiger partial charge in [-0.15, -0.1) is 0 Å². The van der Waals surface area contributed by atoms with Gasteiger partial charge in [0.15, 0.2) is 11.3 Å². The zero-order valence-corrected chi connectivity index (χ0v) is 17.8. The van der Waals surface area contributed by atoms with Crippen LogP contribution in [0.15, 0.2) is 76.3 Å². The number of hydrogen-bond donors (Lipinski definition) is 1. The molecule has 0 unspecified atom stereocenters. The van der Waals surface area contributed by atoms with Gasteiger partial charge in [-0.25, -0.2) is 9.98 Å².